The fourth-order valence-corrected chi connectivity index (χ4v) is 1.93. The highest BCUT2D eigenvalue weighted by Crippen LogP contribution is 2.28. The highest BCUT2D eigenvalue weighted by atomic mass is 15.4. The molecule has 0 bridgehead atoms. The largest absolute Gasteiger partial charge is 0.365 e. The van der Waals surface area contributed by atoms with E-state index >= 15 is 0 Å². The number of allylic oxidation sites excluding steroid dienone is 4. The van der Waals surface area contributed by atoms with Crippen LogP contribution in [0, 0.1) is 5.92 Å². The molecule has 0 aromatic rings. The lowest BCUT2D eigenvalue weighted by atomic mass is 9.89. The van der Waals surface area contributed by atoms with Crippen LogP contribution in [0.4, 0.5) is 0 Å². The molecule has 2 aliphatic rings. The smallest absolute Gasteiger partial charge is 0.0708 e. The second-order valence-corrected chi connectivity index (χ2v) is 4.36. The summed E-state index contributed by atoms with van der Waals surface area (Å²) in [7, 11) is 0. The molecule has 0 radical (unpaired) electrons. The van der Waals surface area contributed by atoms with Crippen LogP contribution in [0.3, 0.4) is 0 Å². The molecule has 3 nitrogen and oxygen atoms in total. The first-order valence-corrected chi connectivity index (χ1v) is 6.26. The lowest BCUT2D eigenvalue weighted by Crippen LogP contribution is -2.50. The first-order valence-electron chi connectivity index (χ1n) is 6.26. The van der Waals surface area contributed by atoms with Crippen molar-refractivity contribution in [2.75, 3.05) is 13.3 Å². The van der Waals surface area contributed by atoms with E-state index in [0.717, 1.165) is 26.2 Å². The highest BCUT2D eigenvalue weighted by Gasteiger charge is 2.21. The van der Waals surface area contributed by atoms with E-state index in [1.165, 1.54) is 11.4 Å². The van der Waals surface area contributed by atoms with Gasteiger partial charge in [-0.25, -0.2) is 0 Å². The fraction of sp³-hybridized carbons (Fsp3) is 0.429. The molecule has 0 spiro atoms. The molecule has 1 unspecified atom stereocenters. The van der Waals surface area contributed by atoms with Crippen LogP contribution in [-0.4, -0.2) is 18.2 Å². The Morgan fingerprint density at radius 3 is 2.94 bits per heavy atom. The van der Waals surface area contributed by atoms with Gasteiger partial charge in [0.2, 0.25) is 0 Å². The molecule has 1 aliphatic heterocycles. The van der Waals surface area contributed by atoms with Crippen LogP contribution in [0.25, 0.3) is 0 Å². The van der Waals surface area contributed by atoms with Crippen molar-refractivity contribution in [2.45, 2.75) is 19.8 Å². The van der Waals surface area contributed by atoms with Crippen LogP contribution in [0.15, 0.2) is 48.5 Å². The Morgan fingerprint density at radius 1 is 1.65 bits per heavy atom. The summed E-state index contributed by atoms with van der Waals surface area (Å²) in [5.41, 5.74) is 2.60. The topological polar surface area (TPSA) is 27.3 Å². The average molecular weight is 231 g/mol. The van der Waals surface area contributed by atoms with Gasteiger partial charge in [-0.05, 0) is 25.1 Å². The Kier molecular flexibility index (Phi) is 4.04. The van der Waals surface area contributed by atoms with Crippen molar-refractivity contribution in [2.24, 2.45) is 5.92 Å². The van der Waals surface area contributed by atoms with Crippen LogP contribution >= 0.6 is 0 Å². The molecule has 1 aliphatic carbocycles. The van der Waals surface area contributed by atoms with Crippen LogP contribution in [0.5, 0.6) is 0 Å². The highest BCUT2D eigenvalue weighted by molar-refractivity contribution is 5.29. The fourth-order valence-electron chi connectivity index (χ4n) is 1.93. The maximum absolute atomic E-state index is 3.70. The standard InChI is InChI=1S/C14H21N3/c1-3-5-6-13(17-10-15-11-17)9-12-7-8-14(12)16-4-2/h4-6,8-9,12,15-16H,2-3,7,10-11H2,1H3/b6-5+,13-9+. The zero-order chi connectivity index (χ0) is 12.1. The molecule has 1 saturated heterocycles. The molecule has 0 aromatic heterocycles. The Morgan fingerprint density at radius 2 is 2.47 bits per heavy atom. The third-order valence-corrected chi connectivity index (χ3v) is 3.13. The van der Waals surface area contributed by atoms with E-state index in [2.05, 4.69) is 53.3 Å². The van der Waals surface area contributed by atoms with Gasteiger partial charge >= 0.3 is 0 Å². The molecule has 0 aromatic carbocycles. The van der Waals surface area contributed by atoms with Crippen molar-refractivity contribution in [3.63, 3.8) is 0 Å². The number of nitrogens with one attached hydrogen (secondary N) is 2. The molecule has 92 valence electrons. The molecular formula is C14H21N3. The monoisotopic (exact) mass is 231 g/mol. The van der Waals surface area contributed by atoms with Gasteiger partial charge in [-0.2, -0.15) is 0 Å². The molecule has 1 heterocycles. The zero-order valence-corrected chi connectivity index (χ0v) is 10.4. The van der Waals surface area contributed by atoms with E-state index in [4.69, 9.17) is 0 Å². The van der Waals surface area contributed by atoms with Gasteiger partial charge in [-0.1, -0.05) is 31.7 Å². The quantitative estimate of drug-likeness (QED) is 0.687. The summed E-state index contributed by atoms with van der Waals surface area (Å²) >= 11 is 0. The summed E-state index contributed by atoms with van der Waals surface area (Å²) in [5.74, 6) is 0.519. The van der Waals surface area contributed by atoms with Crippen molar-refractivity contribution in [1.82, 2.24) is 15.5 Å². The minimum Gasteiger partial charge on any atom is -0.365 e. The van der Waals surface area contributed by atoms with Crippen molar-refractivity contribution < 1.29 is 0 Å². The third-order valence-electron chi connectivity index (χ3n) is 3.13. The van der Waals surface area contributed by atoms with Gasteiger partial charge in [0.05, 0.1) is 13.3 Å². The Labute approximate surface area is 104 Å². The SMILES string of the molecule is C=CNC1=CCC1/C=C(\C=C\CC)N1CNC1. The van der Waals surface area contributed by atoms with E-state index < -0.39 is 0 Å². The molecule has 2 rings (SSSR count). The Hall–Kier alpha value is -1.48. The molecular weight excluding hydrogens is 210 g/mol. The Bertz CT molecular complexity index is 362. The molecule has 1 atom stereocenters. The number of hydrogen-bond acceptors (Lipinski definition) is 3. The van der Waals surface area contributed by atoms with Crippen molar-refractivity contribution in [1.29, 1.82) is 0 Å². The predicted molar refractivity (Wildman–Crippen MR) is 71.7 cm³/mol. The minimum absolute atomic E-state index is 0.519. The van der Waals surface area contributed by atoms with Gasteiger partial charge in [0, 0.05) is 17.3 Å². The van der Waals surface area contributed by atoms with Crippen LogP contribution in [0.2, 0.25) is 0 Å². The maximum Gasteiger partial charge on any atom is 0.0708 e. The van der Waals surface area contributed by atoms with Gasteiger partial charge < -0.3 is 10.2 Å². The zero-order valence-electron chi connectivity index (χ0n) is 10.4. The third kappa shape index (κ3) is 2.80. The minimum atomic E-state index is 0.519. The van der Waals surface area contributed by atoms with E-state index in [9.17, 15) is 0 Å². The van der Waals surface area contributed by atoms with Gasteiger partial charge in [0.1, 0.15) is 0 Å². The van der Waals surface area contributed by atoms with Gasteiger partial charge in [-0.3, -0.25) is 5.32 Å². The van der Waals surface area contributed by atoms with Gasteiger partial charge in [0.15, 0.2) is 0 Å². The predicted octanol–water partition coefficient (Wildman–Crippen LogP) is 2.29. The normalized spacial score (nSPS) is 24.1. The number of rotatable bonds is 6. The summed E-state index contributed by atoms with van der Waals surface area (Å²) < 4.78 is 0. The molecule has 3 heteroatoms. The van der Waals surface area contributed by atoms with Crippen molar-refractivity contribution in [3.8, 4) is 0 Å². The Balaban J connectivity index is 2.02. The second-order valence-electron chi connectivity index (χ2n) is 4.36. The van der Waals surface area contributed by atoms with E-state index in [0.29, 0.717) is 5.92 Å². The van der Waals surface area contributed by atoms with Crippen LogP contribution < -0.4 is 10.6 Å². The molecule has 17 heavy (non-hydrogen) atoms. The second kappa shape index (κ2) is 5.73. The van der Waals surface area contributed by atoms with E-state index in [1.54, 1.807) is 6.20 Å². The summed E-state index contributed by atoms with van der Waals surface area (Å²) in [6, 6.07) is 0. The number of nitrogens with zero attached hydrogens (tertiary/aromatic N) is 1. The summed E-state index contributed by atoms with van der Waals surface area (Å²) in [6.45, 7) is 7.78. The first-order chi connectivity index (χ1) is 8.35. The van der Waals surface area contributed by atoms with E-state index in [1.807, 2.05) is 0 Å². The van der Waals surface area contributed by atoms with Gasteiger partial charge in [0.25, 0.3) is 0 Å². The van der Waals surface area contributed by atoms with E-state index in [-0.39, 0.29) is 0 Å². The summed E-state index contributed by atoms with van der Waals surface area (Å²) in [5, 5.41) is 6.46. The molecule has 1 fully saturated rings. The average Bonchev–Trinajstić information content (AvgIpc) is 2.25. The summed E-state index contributed by atoms with van der Waals surface area (Å²) in [4.78, 5) is 2.34. The maximum atomic E-state index is 3.70. The van der Waals surface area contributed by atoms with Gasteiger partial charge in [-0.15, -0.1) is 0 Å². The number of hydrogen-bond donors (Lipinski definition) is 2. The van der Waals surface area contributed by atoms with Crippen LogP contribution in [0.1, 0.15) is 19.8 Å². The lowest BCUT2D eigenvalue weighted by molar-refractivity contribution is 0.194. The molecule has 2 N–H and O–H groups in total. The first kappa shape index (κ1) is 12.0. The van der Waals surface area contributed by atoms with Crippen molar-refractivity contribution >= 4 is 0 Å². The van der Waals surface area contributed by atoms with Crippen LogP contribution in [-0.2, 0) is 0 Å². The van der Waals surface area contributed by atoms with Crippen molar-refractivity contribution in [3.05, 3.63) is 48.5 Å². The summed E-state index contributed by atoms with van der Waals surface area (Å²) in [6.07, 6.45) is 13.0. The lowest BCUT2D eigenvalue weighted by Gasteiger charge is -2.36. The molecule has 0 amide bonds. The molecule has 0 saturated carbocycles.